The molecule has 164 valence electrons. The minimum atomic E-state index is -0.478. The Morgan fingerprint density at radius 2 is 2.00 bits per heavy atom. The quantitative estimate of drug-likeness (QED) is 0.222. The van der Waals surface area contributed by atoms with Crippen LogP contribution in [0.15, 0.2) is 75.2 Å². The van der Waals surface area contributed by atoms with Crippen molar-refractivity contribution in [1.82, 2.24) is 9.55 Å². The second kappa shape index (κ2) is 9.74. The van der Waals surface area contributed by atoms with Crippen molar-refractivity contribution in [2.45, 2.75) is 24.4 Å². The molecule has 2 aromatic heterocycles. The van der Waals surface area contributed by atoms with Crippen LogP contribution in [0.5, 0.6) is 5.75 Å². The van der Waals surface area contributed by atoms with Gasteiger partial charge in [0.25, 0.3) is 5.56 Å². The Morgan fingerprint density at radius 3 is 2.75 bits per heavy atom. The van der Waals surface area contributed by atoms with E-state index in [1.807, 2.05) is 37.3 Å². The van der Waals surface area contributed by atoms with E-state index in [1.165, 1.54) is 18.9 Å². The highest BCUT2D eigenvalue weighted by Crippen LogP contribution is 2.28. The van der Waals surface area contributed by atoms with Crippen molar-refractivity contribution < 1.29 is 18.7 Å². The van der Waals surface area contributed by atoms with Gasteiger partial charge < -0.3 is 13.9 Å². The minimum absolute atomic E-state index is 0.205. The molecule has 32 heavy (non-hydrogen) atoms. The van der Waals surface area contributed by atoms with E-state index < -0.39 is 5.97 Å². The molecule has 4 aromatic rings. The number of methoxy groups -OCH3 is 1. The predicted octanol–water partition coefficient (Wildman–Crippen LogP) is 4.52. The lowest BCUT2D eigenvalue weighted by Gasteiger charge is -2.14. The molecule has 0 radical (unpaired) electrons. The van der Waals surface area contributed by atoms with Gasteiger partial charge in [0.1, 0.15) is 11.5 Å². The van der Waals surface area contributed by atoms with Gasteiger partial charge in [0, 0.05) is 11.3 Å². The molecule has 0 spiro atoms. The second-order valence-electron chi connectivity index (χ2n) is 6.92. The Hall–Kier alpha value is -3.52. The number of carbonyl (C=O) groups excluding carboxylic acids is 1. The van der Waals surface area contributed by atoms with Gasteiger partial charge in [-0.25, -0.2) is 9.78 Å². The van der Waals surface area contributed by atoms with Crippen molar-refractivity contribution >= 4 is 28.6 Å². The number of esters is 1. The maximum Gasteiger partial charge on any atom is 0.337 e. The maximum absolute atomic E-state index is 13.3. The Labute approximate surface area is 189 Å². The molecule has 0 aliphatic rings. The highest BCUT2D eigenvalue weighted by atomic mass is 32.2. The van der Waals surface area contributed by atoms with Crippen molar-refractivity contribution in [2.75, 3.05) is 13.7 Å². The summed E-state index contributed by atoms with van der Waals surface area (Å²) in [7, 11) is 1.32. The van der Waals surface area contributed by atoms with Crippen LogP contribution in [0.3, 0.4) is 0 Å². The number of furan rings is 1. The molecule has 2 aromatic carbocycles. The highest BCUT2D eigenvalue weighted by Gasteiger charge is 2.16. The number of thioether (sulfide) groups is 1. The minimum Gasteiger partial charge on any atom is -0.494 e. The molecule has 0 saturated carbocycles. The number of aromatic nitrogens is 2. The lowest BCUT2D eigenvalue weighted by Crippen LogP contribution is -2.24. The van der Waals surface area contributed by atoms with Crippen molar-refractivity contribution in [1.29, 1.82) is 0 Å². The Bertz CT molecular complexity index is 1300. The monoisotopic (exact) mass is 450 g/mol. The number of rotatable bonds is 8. The average molecular weight is 451 g/mol. The Kier molecular flexibility index (Phi) is 6.61. The number of fused-ring (bicyclic) bond motifs is 1. The Morgan fingerprint density at radius 1 is 1.16 bits per heavy atom. The molecular weight excluding hydrogens is 428 g/mol. The lowest BCUT2D eigenvalue weighted by molar-refractivity contribution is 0.0601. The zero-order chi connectivity index (χ0) is 22.5. The summed E-state index contributed by atoms with van der Waals surface area (Å²) in [5.41, 5.74) is 1.58. The first-order valence-corrected chi connectivity index (χ1v) is 11.1. The van der Waals surface area contributed by atoms with Gasteiger partial charge >= 0.3 is 5.97 Å². The van der Waals surface area contributed by atoms with Crippen LogP contribution in [0.2, 0.25) is 0 Å². The molecule has 0 bridgehead atoms. The number of carbonyl (C=O) groups is 1. The van der Waals surface area contributed by atoms with Gasteiger partial charge in [-0.1, -0.05) is 30.0 Å². The van der Waals surface area contributed by atoms with Crippen LogP contribution >= 0.6 is 11.8 Å². The smallest absolute Gasteiger partial charge is 0.337 e. The van der Waals surface area contributed by atoms with Crippen LogP contribution in [0.4, 0.5) is 0 Å². The van der Waals surface area contributed by atoms with E-state index in [0.29, 0.717) is 39.7 Å². The molecule has 7 nitrogen and oxygen atoms in total. The molecule has 0 saturated heterocycles. The molecule has 4 rings (SSSR count). The fourth-order valence-corrected chi connectivity index (χ4v) is 4.30. The number of ether oxygens (including phenoxy) is 2. The number of benzene rings is 2. The van der Waals surface area contributed by atoms with Crippen LogP contribution in [0, 0.1) is 0 Å². The van der Waals surface area contributed by atoms with E-state index in [-0.39, 0.29) is 12.1 Å². The molecular formula is C24H22N2O5S. The summed E-state index contributed by atoms with van der Waals surface area (Å²) in [6.45, 7) is 2.76. The third-order valence-corrected chi connectivity index (χ3v) is 5.89. The molecule has 2 heterocycles. The molecule has 0 aliphatic heterocycles. The third-order valence-electron chi connectivity index (χ3n) is 4.86. The molecule has 0 fully saturated rings. The van der Waals surface area contributed by atoms with Crippen LogP contribution in [-0.2, 0) is 17.0 Å². The first-order chi connectivity index (χ1) is 15.6. The standard InChI is InChI=1S/C24H22N2O5S/c1-3-30-21-9-5-4-7-17(21)15-32-24-25-20-13-16(23(28)29-2)10-11-19(20)22(27)26(24)14-18-8-6-12-31-18/h4-13H,3,14-15H2,1-2H3. The van der Waals surface area contributed by atoms with Gasteiger partial charge in [0.15, 0.2) is 5.16 Å². The van der Waals surface area contributed by atoms with E-state index in [0.717, 1.165) is 11.3 Å². The fourth-order valence-electron chi connectivity index (χ4n) is 3.32. The first kappa shape index (κ1) is 21.7. The highest BCUT2D eigenvalue weighted by molar-refractivity contribution is 7.98. The molecule has 0 amide bonds. The summed E-state index contributed by atoms with van der Waals surface area (Å²) in [4.78, 5) is 30.0. The van der Waals surface area contributed by atoms with Gasteiger partial charge in [-0.3, -0.25) is 9.36 Å². The van der Waals surface area contributed by atoms with Gasteiger partial charge in [-0.05, 0) is 43.3 Å². The van der Waals surface area contributed by atoms with Gasteiger partial charge in [0.05, 0.1) is 43.0 Å². The lowest BCUT2D eigenvalue weighted by atomic mass is 10.1. The van der Waals surface area contributed by atoms with Crippen molar-refractivity contribution in [2.24, 2.45) is 0 Å². The van der Waals surface area contributed by atoms with E-state index in [1.54, 1.807) is 35.1 Å². The van der Waals surface area contributed by atoms with E-state index in [9.17, 15) is 9.59 Å². The number of nitrogens with zero attached hydrogens (tertiary/aromatic N) is 2. The normalized spacial score (nSPS) is 10.9. The molecule has 0 N–H and O–H groups in total. The summed E-state index contributed by atoms with van der Waals surface area (Å²) in [6, 6.07) is 16.1. The van der Waals surface area contributed by atoms with Gasteiger partial charge in [0.2, 0.25) is 0 Å². The van der Waals surface area contributed by atoms with Gasteiger partial charge in [-0.2, -0.15) is 0 Å². The van der Waals surface area contributed by atoms with Crippen LogP contribution < -0.4 is 10.3 Å². The van der Waals surface area contributed by atoms with Crippen molar-refractivity contribution in [3.8, 4) is 5.75 Å². The van der Waals surface area contributed by atoms with Crippen molar-refractivity contribution in [3.63, 3.8) is 0 Å². The van der Waals surface area contributed by atoms with E-state index >= 15 is 0 Å². The van der Waals surface area contributed by atoms with Crippen LogP contribution in [0.1, 0.15) is 28.6 Å². The summed E-state index contributed by atoms with van der Waals surface area (Å²) in [6.07, 6.45) is 1.57. The van der Waals surface area contributed by atoms with Crippen molar-refractivity contribution in [3.05, 3.63) is 88.1 Å². The summed E-state index contributed by atoms with van der Waals surface area (Å²) in [5, 5.41) is 0.940. The number of hydrogen-bond acceptors (Lipinski definition) is 7. The summed E-state index contributed by atoms with van der Waals surface area (Å²) < 4.78 is 17.6. The summed E-state index contributed by atoms with van der Waals surface area (Å²) >= 11 is 1.43. The van der Waals surface area contributed by atoms with Gasteiger partial charge in [-0.15, -0.1) is 0 Å². The molecule has 0 unspecified atom stereocenters. The first-order valence-electron chi connectivity index (χ1n) is 10.1. The second-order valence-corrected chi connectivity index (χ2v) is 7.86. The van der Waals surface area contributed by atoms with E-state index in [4.69, 9.17) is 18.9 Å². The van der Waals surface area contributed by atoms with Crippen LogP contribution in [-0.4, -0.2) is 29.2 Å². The SMILES string of the molecule is CCOc1ccccc1CSc1nc2cc(C(=O)OC)ccc2c(=O)n1Cc1ccco1. The zero-order valence-electron chi connectivity index (χ0n) is 17.7. The maximum atomic E-state index is 13.3. The average Bonchev–Trinajstić information content (AvgIpc) is 3.33. The number of hydrogen-bond donors (Lipinski definition) is 0. The largest absolute Gasteiger partial charge is 0.494 e. The van der Waals surface area contributed by atoms with Crippen LogP contribution in [0.25, 0.3) is 10.9 Å². The zero-order valence-corrected chi connectivity index (χ0v) is 18.6. The molecule has 8 heteroatoms. The fraction of sp³-hybridized carbons (Fsp3) is 0.208. The number of para-hydroxylation sites is 1. The Balaban J connectivity index is 1.77. The summed E-state index contributed by atoms with van der Waals surface area (Å²) in [5.74, 6) is 1.53. The molecule has 0 atom stereocenters. The third kappa shape index (κ3) is 4.55. The molecule has 0 aliphatic carbocycles. The van der Waals surface area contributed by atoms with E-state index in [2.05, 4.69) is 0 Å². The topological polar surface area (TPSA) is 83.6 Å². The predicted molar refractivity (Wildman–Crippen MR) is 122 cm³/mol.